The van der Waals surface area contributed by atoms with Gasteiger partial charge in [-0.05, 0) is 36.5 Å². The van der Waals surface area contributed by atoms with Crippen LogP contribution >= 0.6 is 11.6 Å². The Kier molecular flexibility index (Phi) is 4.34. The lowest BCUT2D eigenvalue weighted by Crippen LogP contribution is -2.46. The van der Waals surface area contributed by atoms with Gasteiger partial charge in [-0.3, -0.25) is 0 Å². The highest BCUT2D eigenvalue weighted by molar-refractivity contribution is 6.30. The monoisotopic (exact) mass is 243 g/mol. The van der Waals surface area contributed by atoms with E-state index in [2.05, 4.69) is 13.8 Å². The van der Waals surface area contributed by atoms with Crippen LogP contribution in [0.3, 0.4) is 0 Å². The molecule has 0 aliphatic carbocycles. The largest absolute Gasteiger partial charge is 0.325 e. The van der Waals surface area contributed by atoms with E-state index >= 15 is 0 Å². The molecule has 1 unspecified atom stereocenters. The van der Waals surface area contributed by atoms with Crippen molar-refractivity contribution in [3.63, 3.8) is 0 Å². The van der Waals surface area contributed by atoms with Crippen LogP contribution in [0.5, 0.6) is 0 Å². The first-order valence-corrected chi connectivity index (χ1v) is 5.99. The lowest BCUT2D eigenvalue weighted by molar-refractivity contribution is 0.293. The van der Waals surface area contributed by atoms with Gasteiger partial charge < -0.3 is 5.73 Å². The lowest BCUT2D eigenvalue weighted by atomic mass is 9.79. The van der Waals surface area contributed by atoms with Crippen LogP contribution < -0.4 is 5.73 Å². The SMILES string of the molecule is CCC(N)(Cc1ccc(Cl)cc1F)C(C)C. The zero-order valence-electron chi connectivity index (χ0n) is 10.1. The molecule has 1 nitrogen and oxygen atoms in total. The highest BCUT2D eigenvalue weighted by Crippen LogP contribution is 2.25. The Bertz CT molecular complexity index is 365. The third-order valence-electron chi connectivity index (χ3n) is 3.34. The predicted octanol–water partition coefficient (Wildman–Crippen LogP) is 3.79. The average Bonchev–Trinajstić information content (AvgIpc) is 2.22. The maximum atomic E-state index is 13.6. The van der Waals surface area contributed by atoms with E-state index < -0.39 is 0 Å². The predicted molar refractivity (Wildman–Crippen MR) is 67.2 cm³/mol. The van der Waals surface area contributed by atoms with E-state index in [9.17, 15) is 4.39 Å². The molecule has 0 aliphatic rings. The van der Waals surface area contributed by atoms with E-state index in [0.29, 0.717) is 22.9 Å². The summed E-state index contributed by atoms with van der Waals surface area (Å²) in [5.74, 6) is 0.0454. The topological polar surface area (TPSA) is 26.0 Å². The van der Waals surface area contributed by atoms with Crippen molar-refractivity contribution >= 4 is 11.6 Å². The van der Waals surface area contributed by atoms with Crippen molar-refractivity contribution < 1.29 is 4.39 Å². The molecular weight excluding hydrogens is 225 g/mol. The second-order valence-corrected chi connectivity index (χ2v) is 5.09. The van der Waals surface area contributed by atoms with Crippen LogP contribution in [0.25, 0.3) is 0 Å². The molecule has 0 saturated carbocycles. The average molecular weight is 244 g/mol. The normalized spacial score (nSPS) is 15.2. The summed E-state index contributed by atoms with van der Waals surface area (Å²) >= 11 is 5.71. The highest BCUT2D eigenvalue weighted by atomic mass is 35.5. The summed E-state index contributed by atoms with van der Waals surface area (Å²) in [5, 5.41) is 0.421. The molecule has 90 valence electrons. The zero-order chi connectivity index (χ0) is 12.3. The molecular formula is C13H19ClFN. The lowest BCUT2D eigenvalue weighted by Gasteiger charge is -2.32. The number of hydrogen-bond acceptors (Lipinski definition) is 1. The fraction of sp³-hybridized carbons (Fsp3) is 0.538. The second kappa shape index (κ2) is 5.15. The second-order valence-electron chi connectivity index (χ2n) is 4.65. The molecule has 16 heavy (non-hydrogen) atoms. The third-order valence-corrected chi connectivity index (χ3v) is 3.58. The smallest absolute Gasteiger partial charge is 0.127 e. The van der Waals surface area contributed by atoms with E-state index in [1.807, 2.05) is 6.92 Å². The molecule has 0 bridgehead atoms. The zero-order valence-corrected chi connectivity index (χ0v) is 10.8. The first kappa shape index (κ1) is 13.5. The van der Waals surface area contributed by atoms with Crippen LogP contribution in [-0.4, -0.2) is 5.54 Å². The highest BCUT2D eigenvalue weighted by Gasteiger charge is 2.28. The number of benzene rings is 1. The molecule has 1 atom stereocenters. The Balaban J connectivity index is 2.95. The van der Waals surface area contributed by atoms with Crippen LogP contribution in [0.2, 0.25) is 5.02 Å². The van der Waals surface area contributed by atoms with Crippen LogP contribution in [0, 0.1) is 11.7 Å². The van der Waals surface area contributed by atoms with E-state index in [-0.39, 0.29) is 11.4 Å². The van der Waals surface area contributed by atoms with Crippen molar-refractivity contribution in [3.05, 3.63) is 34.6 Å². The van der Waals surface area contributed by atoms with Gasteiger partial charge in [-0.2, -0.15) is 0 Å². The Morgan fingerprint density at radius 3 is 2.50 bits per heavy atom. The summed E-state index contributed by atoms with van der Waals surface area (Å²) in [6.45, 7) is 6.17. The number of nitrogens with two attached hydrogens (primary N) is 1. The van der Waals surface area contributed by atoms with Crippen molar-refractivity contribution in [2.75, 3.05) is 0 Å². The van der Waals surface area contributed by atoms with Crippen LogP contribution in [0.4, 0.5) is 4.39 Å². The fourth-order valence-corrected chi connectivity index (χ4v) is 1.92. The van der Waals surface area contributed by atoms with Gasteiger partial charge in [0, 0.05) is 10.6 Å². The van der Waals surface area contributed by atoms with Crippen molar-refractivity contribution in [2.24, 2.45) is 11.7 Å². The van der Waals surface area contributed by atoms with Crippen LogP contribution in [-0.2, 0) is 6.42 Å². The van der Waals surface area contributed by atoms with E-state index in [0.717, 1.165) is 6.42 Å². The molecule has 0 fully saturated rings. The van der Waals surface area contributed by atoms with Crippen LogP contribution in [0.15, 0.2) is 18.2 Å². The molecule has 0 heterocycles. The Labute approximate surface area is 102 Å². The molecule has 1 rings (SSSR count). The van der Waals surface area contributed by atoms with E-state index in [1.165, 1.54) is 6.07 Å². The van der Waals surface area contributed by atoms with Gasteiger partial charge in [0.15, 0.2) is 0 Å². The third kappa shape index (κ3) is 2.96. The molecule has 2 N–H and O–H groups in total. The standard InChI is InChI=1S/C13H19ClFN/c1-4-13(16,9(2)3)8-10-5-6-11(14)7-12(10)15/h5-7,9H,4,8,16H2,1-3H3. The molecule has 3 heteroatoms. The van der Waals surface area contributed by atoms with Crippen molar-refractivity contribution in [3.8, 4) is 0 Å². The first-order chi connectivity index (χ1) is 7.39. The Hall–Kier alpha value is -0.600. The summed E-state index contributed by atoms with van der Waals surface area (Å²) in [6, 6.07) is 4.76. The number of halogens is 2. The first-order valence-electron chi connectivity index (χ1n) is 5.62. The minimum absolute atomic E-state index is 0.267. The van der Waals surface area contributed by atoms with E-state index in [4.69, 9.17) is 17.3 Å². The fourth-order valence-electron chi connectivity index (χ4n) is 1.76. The quantitative estimate of drug-likeness (QED) is 0.856. The van der Waals surface area contributed by atoms with Gasteiger partial charge in [0.25, 0.3) is 0 Å². The molecule has 1 aromatic rings. The van der Waals surface area contributed by atoms with Gasteiger partial charge in [0.2, 0.25) is 0 Å². The molecule has 0 aromatic heterocycles. The maximum absolute atomic E-state index is 13.6. The van der Waals surface area contributed by atoms with Gasteiger partial charge in [-0.25, -0.2) is 4.39 Å². The van der Waals surface area contributed by atoms with Crippen molar-refractivity contribution in [1.82, 2.24) is 0 Å². The number of rotatable bonds is 4. The summed E-state index contributed by atoms with van der Waals surface area (Å²) in [7, 11) is 0. The van der Waals surface area contributed by atoms with Gasteiger partial charge in [-0.15, -0.1) is 0 Å². The summed E-state index contributed by atoms with van der Waals surface area (Å²) in [6.07, 6.45) is 1.37. The minimum atomic E-state index is -0.353. The summed E-state index contributed by atoms with van der Waals surface area (Å²) in [4.78, 5) is 0. The van der Waals surface area contributed by atoms with Crippen molar-refractivity contribution in [1.29, 1.82) is 0 Å². The van der Waals surface area contributed by atoms with Gasteiger partial charge >= 0.3 is 0 Å². The molecule has 1 aromatic carbocycles. The molecule has 0 saturated heterocycles. The van der Waals surface area contributed by atoms with Gasteiger partial charge in [0.1, 0.15) is 5.82 Å². The summed E-state index contributed by atoms with van der Waals surface area (Å²) in [5.41, 5.74) is 6.57. The molecule has 0 radical (unpaired) electrons. The van der Waals surface area contributed by atoms with Gasteiger partial charge in [-0.1, -0.05) is 38.4 Å². The Morgan fingerprint density at radius 2 is 2.06 bits per heavy atom. The molecule has 0 amide bonds. The Morgan fingerprint density at radius 1 is 1.44 bits per heavy atom. The van der Waals surface area contributed by atoms with Crippen LogP contribution in [0.1, 0.15) is 32.8 Å². The van der Waals surface area contributed by atoms with Gasteiger partial charge in [0.05, 0.1) is 0 Å². The van der Waals surface area contributed by atoms with E-state index in [1.54, 1.807) is 12.1 Å². The summed E-state index contributed by atoms with van der Waals surface area (Å²) < 4.78 is 13.6. The minimum Gasteiger partial charge on any atom is -0.325 e. The molecule has 0 aliphatic heterocycles. The van der Waals surface area contributed by atoms with Crippen molar-refractivity contribution in [2.45, 2.75) is 39.2 Å². The number of hydrogen-bond donors (Lipinski definition) is 1. The molecule has 0 spiro atoms. The maximum Gasteiger partial charge on any atom is 0.127 e.